The Morgan fingerprint density at radius 1 is 0.929 bits per heavy atom. The minimum atomic E-state index is -0.254. The molecule has 0 saturated carbocycles. The summed E-state index contributed by atoms with van der Waals surface area (Å²) in [7, 11) is 0. The Labute approximate surface area is 80.2 Å². The SMILES string of the molecule is Nc1c(N)c(N)c2c(c1N)CNC2=O. The van der Waals surface area contributed by atoms with E-state index < -0.39 is 0 Å². The van der Waals surface area contributed by atoms with Crippen molar-refractivity contribution in [1.82, 2.24) is 5.32 Å². The molecule has 0 spiro atoms. The number of nitrogens with one attached hydrogen (secondary N) is 1. The van der Waals surface area contributed by atoms with Crippen molar-refractivity contribution in [2.45, 2.75) is 6.54 Å². The third-order valence-corrected chi connectivity index (χ3v) is 2.42. The second kappa shape index (κ2) is 2.44. The summed E-state index contributed by atoms with van der Waals surface area (Å²) in [4.78, 5) is 11.4. The van der Waals surface area contributed by atoms with Crippen LogP contribution in [0.1, 0.15) is 15.9 Å². The van der Waals surface area contributed by atoms with Gasteiger partial charge in [0.05, 0.1) is 28.3 Å². The molecule has 0 bridgehead atoms. The van der Waals surface area contributed by atoms with Crippen molar-refractivity contribution in [3.05, 3.63) is 11.1 Å². The number of carbonyl (C=O) groups is 1. The highest BCUT2D eigenvalue weighted by Crippen LogP contribution is 2.38. The summed E-state index contributed by atoms with van der Waals surface area (Å²) in [5, 5.41) is 2.61. The number of nitrogen functional groups attached to an aromatic ring is 4. The molecule has 6 nitrogen and oxygen atoms in total. The fraction of sp³-hybridized carbons (Fsp3) is 0.125. The monoisotopic (exact) mass is 193 g/mol. The van der Waals surface area contributed by atoms with E-state index in [0.29, 0.717) is 23.4 Å². The van der Waals surface area contributed by atoms with E-state index in [-0.39, 0.29) is 23.0 Å². The smallest absolute Gasteiger partial charge is 0.254 e. The lowest BCUT2D eigenvalue weighted by Gasteiger charge is -2.11. The molecule has 0 saturated heterocycles. The van der Waals surface area contributed by atoms with E-state index in [0.717, 1.165) is 0 Å². The second-order valence-corrected chi connectivity index (χ2v) is 3.19. The lowest BCUT2D eigenvalue weighted by molar-refractivity contribution is 0.0966. The summed E-state index contributed by atoms with van der Waals surface area (Å²) in [5.41, 5.74) is 24.6. The van der Waals surface area contributed by atoms with E-state index in [4.69, 9.17) is 22.9 Å². The molecule has 1 aromatic carbocycles. The van der Waals surface area contributed by atoms with Gasteiger partial charge in [0.15, 0.2) is 0 Å². The van der Waals surface area contributed by atoms with E-state index in [9.17, 15) is 4.79 Å². The summed E-state index contributed by atoms with van der Waals surface area (Å²) in [6.45, 7) is 0.356. The van der Waals surface area contributed by atoms with Gasteiger partial charge in [-0.15, -0.1) is 0 Å². The van der Waals surface area contributed by atoms with Gasteiger partial charge in [-0.3, -0.25) is 4.79 Å². The maximum atomic E-state index is 11.4. The molecule has 0 fully saturated rings. The Morgan fingerprint density at radius 3 is 2.14 bits per heavy atom. The van der Waals surface area contributed by atoms with Gasteiger partial charge >= 0.3 is 0 Å². The van der Waals surface area contributed by atoms with Gasteiger partial charge in [-0.05, 0) is 0 Å². The standard InChI is InChI=1S/C8H11N5O/c9-4-2-1-13-8(14)3(2)5(10)7(12)6(4)11/h1,9-12H2,(H,13,14). The molecule has 1 aliphatic rings. The zero-order chi connectivity index (χ0) is 10.5. The van der Waals surface area contributed by atoms with Crippen molar-refractivity contribution < 1.29 is 4.79 Å². The van der Waals surface area contributed by atoms with Gasteiger partial charge in [-0.2, -0.15) is 0 Å². The molecule has 1 aromatic rings. The number of benzene rings is 1. The molecule has 6 heteroatoms. The molecule has 1 aliphatic heterocycles. The third kappa shape index (κ3) is 0.819. The fourth-order valence-corrected chi connectivity index (χ4v) is 1.58. The molecule has 1 amide bonds. The van der Waals surface area contributed by atoms with Crippen LogP contribution in [-0.2, 0) is 6.54 Å². The Hall–Kier alpha value is -2.11. The predicted octanol–water partition coefficient (Wildman–Crippen LogP) is -0.741. The van der Waals surface area contributed by atoms with Gasteiger partial charge in [0.2, 0.25) is 0 Å². The molecule has 9 N–H and O–H groups in total. The lowest BCUT2D eigenvalue weighted by Crippen LogP contribution is -2.14. The summed E-state index contributed by atoms with van der Waals surface area (Å²) >= 11 is 0. The average Bonchev–Trinajstić information content (AvgIpc) is 2.54. The molecule has 74 valence electrons. The lowest BCUT2D eigenvalue weighted by atomic mass is 10.0. The van der Waals surface area contributed by atoms with Crippen LogP contribution in [0.4, 0.5) is 22.7 Å². The zero-order valence-electron chi connectivity index (χ0n) is 7.42. The number of anilines is 4. The van der Waals surface area contributed by atoms with Crippen LogP contribution in [0.2, 0.25) is 0 Å². The minimum absolute atomic E-state index is 0.179. The van der Waals surface area contributed by atoms with E-state index >= 15 is 0 Å². The third-order valence-electron chi connectivity index (χ3n) is 2.42. The highest BCUT2D eigenvalue weighted by atomic mass is 16.1. The molecule has 0 radical (unpaired) electrons. The number of fused-ring (bicyclic) bond motifs is 1. The van der Waals surface area contributed by atoms with Gasteiger partial charge in [-0.25, -0.2) is 0 Å². The number of hydrogen-bond acceptors (Lipinski definition) is 5. The van der Waals surface area contributed by atoms with E-state index in [1.54, 1.807) is 0 Å². The van der Waals surface area contributed by atoms with Crippen molar-refractivity contribution in [3.8, 4) is 0 Å². The molecular formula is C8H11N5O. The molecule has 2 rings (SSSR count). The zero-order valence-corrected chi connectivity index (χ0v) is 7.42. The topological polar surface area (TPSA) is 133 Å². The molecular weight excluding hydrogens is 182 g/mol. The molecule has 0 aromatic heterocycles. The quantitative estimate of drug-likeness (QED) is 0.346. The van der Waals surface area contributed by atoms with Crippen molar-refractivity contribution >= 4 is 28.7 Å². The highest BCUT2D eigenvalue weighted by Gasteiger charge is 2.27. The number of rotatable bonds is 0. The first-order valence-electron chi connectivity index (χ1n) is 4.07. The normalized spacial score (nSPS) is 13.9. The summed E-state index contributed by atoms with van der Waals surface area (Å²) < 4.78 is 0. The van der Waals surface area contributed by atoms with E-state index in [2.05, 4.69) is 5.32 Å². The predicted molar refractivity (Wildman–Crippen MR) is 55.3 cm³/mol. The Kier molecular flexibility index (Phi) is 1.48. The van der Waals surface area contributed by atoms with Crippen molar-refractivity contribution in [2.24, 2.45) is 0 Å². The molecule has 14 heavy (non-hydrogen) atoms. The number of hydrogen-bond donors (Lipinski definition) is 5. The maximum absolute atomic E-state index is 11.4. The van der Waals surface area contributed by atoms with Gasteiger partial charge in [-0.1, -0.05) is 0 Å². The van der Waals surface area contributed by atoms with Crippen molar-refractivity contribution in [3.63, 3.8) is 0 Å². The van der Waals surface area contributed by atoms with Gasteiger partial charge in [0.25, 0.3) is 5.91 Å². The molecule has 0 aliphatic carbocycles. The van der Waals surface area contributed by atoms with Crippen molar-refractivity contribution in [2.75, 3.05) is 22.9 Å². The Morgan fingerprint density at radius 2 is 1.50 bits per heavy atom. The summed E-state index contributed by atoms with van der Waals surface area (Å²) in [6, 6.07) is 0. The first-order chi connectivity index (χ1) is 6.54. The van der Waals surface area contributed by atoms with E-state index in [1.807, 2.05) is 0 Å². The largest absolute Gasteiger partial charge is 0.397 e. The Bertz CT molecular complexity index is 440. The molecule has 1 heterocycles. The minimum Gasteiger partial charge on any atom is -0.397 e. The van der Waals surface area contributed by atoms with Crippen LogP contribution in [0.5, 0.6) is 0 Å². The highest BCUT2D eigenvalue weighted by molar-refractivity contribution is 6.10. The van der Waals surface area contributed by atoms with E-state index in [1.165, 1.54) is 0 Å². The first kappa shape index (κ1) is 8.49. The van der Waals surface area contributed by atoms with Crippen LogP contribution < -0.4 is 28.3 Å². The summed E-state index contributed by atoms with van der Waals surface area (Å²) in [6.07, 6.45) is 0. The van der Waals surface area contributed by atoms with Crippen LogP contribution in [0.3, 0.4) is 0 Å². The average molecular weight is 193 g/mol. The van der Waals surface area contributed by atoms with Crippen LogP contribution in [0.25, 0.3) is 0 Å². The maximum Gasteiger partial charge on any atom is 0.254 e. The molecule has 0 atom stereocenters. The number of nitrogens with two attached hydrogens (primary N) is 4. The van der Waals surface area contributed by atoms with Gasteiger partial charge in [0.1, 0.15) is 0 Å². The van der Waals surface area contributed by atoms with Crippen LogP contribution in [-0.4, -0.2) is 5.91 Å². The molecule has 0 unspecified atom stereocenters. The summed E-state index contributed by atoms with van der Waals surface area (Å²) in [5.74, 6) is -0.254. The first-order valence-corrected chi connectivity index (χ1v) is 4.07. The van der Waals surface area contributed by atoms with Crippen LogP contribution >= 0.6 is 0 Å². The Balaban J connectivity index is 2.84. The van der Waals surface area contributed by atoms with Crippen LogP contribution in [0, 0.1) is 0 Å². The van der Waals surface area contributed by atoms with Crippen LogP contribution in [0.15, 0.2) is 0 Å². The second-order valence-electron chi connectivity index (χ2n) is 3.19. The fourth-order valence-electron chi connectivity index (χ4n) is 1.58. The number of carbonyl (C=O) groups excluding carboxylic acids is 1. The number of amides is 1. The van der Waals surface area contributed by atoms with Gasteiger partial charge in [0, 0.05) is 12.1 Å². The van der Waals surface area contributed by atoms with Gasteiger partial charge < -0.3 is 28.3 Å². The van der Waals surface area contributed by atoms with Crippen molar-refractivity contribution in [1.29, 1.82) is 0 Å².